The molecule has 3 heterocycles. The molecule has 5 atom stereocenters. The Morgan fingerprint density at radius 1 is 0.953 bits per heavy atom. The number of hydrogen-bond donors (Lipinski definition) is 1. The summed E-state index contributed by atoms with van der Waals surface area (Å²) in [5, 5.41) is 12.1. The van der Waals surface area contributed by atoms with Crippen LogP contribution in [0.2, 0.25) is 0 Å². The van der Waals surface area contributed by atoms with Crippen LogP contribution in [0.3, 0.4) is 0 Å². The zero-order chi connectivity index (χ0) is 29.9. The highest BCUT2D eigenvalue weighted by Crippen LogP contribution is 2.38. The Labute approximate surface area is 253 Å². The van der Waals surface area contributed by atoms with Gasteiger partial charge in [-0.2, -0.15) is 0 Å². The standard InChI is InChI=1S/C34H45N2O7/c1-41-34(39)29-19-25-21-35(29)33(38)26(22-10-5-6-11-22)20-32(37)43-30-17-9-14-23(30)12-3-2-4-16-28-31(42-25)18-24-13-7-8-15-27(24)36(28)40/h7-8,13,15,18,22-23,25-26,29-30,40H,2-6,9-12,14,16-17,19-21H2,1H3/q+1/t23-,25+,26-,29-,30-/m0/s1. The summed E-state index contributed by atoms with van der Waals surface area (Å²) in [4.78, 5) is 42.2. The van der Waals surface area contributed by atoms with Crippen molar-refractivity contribution in [3.63, 3.8) is 0 Å². The average molecular weight is 594 g/mol. The van der Waals surface area contributed by atoms with Gasteiger partial charge in [-0.15, -0.1) is 0 Å². The molecule has 1 saturated heterocycles. The second-order valence-electron chi connectivity index (χ2n) is 13.0. The molecule has 1 aromatic carbocycles. The van der Waals surface area contributed by atoms with Crippen molar-refractivity contribution in [2.24, 2.45) is 17.8 Å². The summed E-state index contributed by atoms with van der Waals surface area (Å²) in [5.74, 6) is -0.503. The van der Waals surface area contributed by atoms with Gasteiger partial charge >= 0.3 is 11.9 Å². The van der Waals surface area contributed by atoms with Crippen LogP contribution in [0.4, 0.5) is 0 Å². The molecule has 2 aliphatic heterocycles. The predicted octanol–water partition coefficient (Wildman–Crippen LogP) is 4.91. The molecule has 1 N–H and O–H groups in total. The number of esters is 2. The van der Waals surface area contributed by atoms with E-state index in [1.54, 1.807) is 4.90 Å². The van der Waals surface area contributed by atoms with Crippen molar-refractivity contribution in [1.82, 2.24) is 4.90 Å². The molecule has 0 unspecified atom stereocenters. The quantitative estimate of drug-likeness (QED) is 0.300. The van der Waals surface area contributed by atoms with Gasteiger partial charge in [-0.3, -0.25) is 14.8 Å². The maximum Gasteiger partial charge on any atom is 0.328 e. The van der Waals surface area contributed by atoms with Crippen molar-refractivity contribution in [2.75, 3.05) is 13.7 Å². The minimum Gasteiger partial charge on any atom is -0.482 e. The van der Waals surface area contributed by atoms with Crippen LogP contribution in [-0.2, 0) is 30.3 Å². The summed E-state index contributed by atoms with van der Waals surface area (Å²) in [7, 11) is 1.33. The third-order valence-electron chi connectivity index (χ3n) is 10.3. The van der Waals surface area contributed by atoms with E-state index in [9.17, 15) is 19.6 Å². The van der Waals surface area contributed by atoms with Crippen LogP contribution in [0.25, 0.3) is 10.9 Å². The normalized spacial score (nSPS) is 29.3. The molecule has 2 saturated carbocycles. The Kier molecular flexibility index (Phi) is 9.05. The molecular weight excluding hydrogens is 548 g/mol. The van der Waals surface area contributed by atoms with E-state index in [4.69, 9.17) is 14.2 Å². The van der Waals surface area contributed by atoms with Gasteiger partial charge in [-0.05, 0) is 62.8 Å². The van der Waals surface area contributed by atoms with Crippen molar-refractivity contribution in [3.05, 3.63) is 36.0 Å². The van der Waals surface area contributed by atoms with Crippen LogP contribution >= 0.6 is 0 Å². The summed E-state index contributed by atoms with van der Waals surface area (Å²) < 4.78 is 19.0. The number of amides is 1. The Morgan fingerprint density at radius 3 is 2.51 bits per heavy atom. The number of fused-ring (bicyclic) bond motifs is 5. The van der Waals surface area contributed by atoms with Gasteiger partial charge in [0.15, 0.2) is 5.75 Å². The van der Waals surface area contributed by atoms with Crippen molar-refractivity contribution < 1.29 is 38.5 Å². The molecule has 232 valence electrons. The van der Waals surface area contributed by atoms with E-state index in [1.165, 1.54) is 11.8 Å². The number of para-hydroxylation sites is 1. The van der Waals surface area contributed by atoms with E-state index < -0.39 is 24.0 Å². The summed E-state index contributed by atoms with van der Waals surface area (Å²) in [5.41, 5.74) is 1.40. The van der Waals surface area contributed by atoms with Crippen molar-refractivity contribution >= 4 is 28.7 Å². The highest BCUT2D eigenvalue weighted by atomic mass is 16.5. The first-order chi connectivity index (χ1) is 20.9. The van der Waals surface area contributed by atoms with Crippen LogP contribution in [-0.4, -0.2) is 59.9 Å². The van der Waals surface area contributed by atoms with E-state index in [0.29, 0.717) is 29.3 Å². The Balaban J connectivity index is 1.35. The monoisotopic (exact) mass is 593 g/mol. The molecule has 2 bridgehead atoms. The lowest BCUT2D eigenvalue weighted by Gasteiger charge is -2.30. The lowest BCUT2D eigenvalue weighted by Crippen LogP contribution is -2.46. The minimum absolute atomic E-state index is 0.0436. The lowest BCUT2D eigenvalue weighted by molar-refractivity contribution is -0.889. The summed E-state index contributed by atoms with van der Waals surface area (Å²) in [6, 6.07) is 8.79. The molecule has 3 fully saturated rings. The summed E-state index contributed by atoms with van der Waals surface area (Å²) in [6.07, 6.45) is 11.1. The molecule has 1 aromatic heterocycles. The smallest absolute Gasteiger partial charge is 0.328 e. The first-order valence-corrected chi connectivity index (χ1v) is 16.3. The third kappa shape index (κ3) is 6.31. The fourth-order valence-corrected chi connectivity index (χ4v) is 8.06. The topological polar surface area (TPSA) is 106 Å². The van der Waals surface area contributed by atoms with Gasteiger partial charge in [-0.1, -0.05) is 37.8 Å². The van der Waals surface area contributed by atoms with Gasteiger partial charge in [0.2, 0.25) is 5.91 Å². The Hall–Kier alpha value is -3.36. The molecule has 0 radical (unpaired) electrons. The number of aromatic nitrogens is 1. The number of carbonyl (C=O) groups is 3. The first-order valence-electron chi connectivity index (χ1n) is 16.3. The molecule has 9 heteroatoms. The molecule has 2 aliphatic carbocycles. The average Bonchev–Trinajstić information content (AvgIpc) is 3.78. The molecule has 4 aliphatic rings. The highest BCUT2D eigenvalue weighted by molar-refractivity contribution is 5.89. The number of carbonyl (C=O) groups excluding carboxylic acids is 3. The van der Waals surface area contributed by atoms with E-state index in [2.05, 4.69) is 0 Å². The van der Waals surface area contributed by atoms with Crippen LogP contribution < -0.4 is 9.47 Å². The molecule has 1 amide bonds. The Bertz CT molecular complexity index is 1340. The highest BCUT2D eigenvalue weighted by Gasteiger charge is 2.46. The van der Waals surface area contributed by atoms with Gasteiger partial charge in [0.1, 0.15) is 18.2 Å². The van der Waals surface area contributed by atoms with Crippen molar-refractivity contribution in [2.45, 2.75) is 108 Å². The number of ether oxygens (including phenoxy) is 3. The van der Waals surface area contributed by atoms with Gasteiger partial charge < -0.3 is 19.1 Å². The van der Waals surface area contributed by atoms with E-state index in [-0.39, 0.29) is 43.3 Å². The number of nitrogens with zero attached hydrogens (tertiary/aromatic N) is 2. The second-order valence-corrected chi connectivity index (χ2v) is 13.0. The predicted molar refractivity (Wildman–Crippen MR) is 157 cm³/mol. The summed E-state index contributed by atoms with van der Waals surface area (Å²) in [6.45, 7) is 0.208. The maximum absolute atomic E-state index is 14.3. The molecular formula is C34H45N2O7+. The molecule has 9 nitrogen and oxygen atoms in total. The van der Waals surface area contributed by atoms with Crippen LogP contribution in [0.15, 0.2) is 30.3 Å². The number of benzene rings is 1. The fourth-order valence-electron chi connectivity index (χ4n) is 8.06. The molecule has 0 spiro atoms. The van der Waals surface area contributed by atoms with E-state index in [0.717, 1.165) is 76.0 Å². The van der Waals surface area contributed by atoms with Gasteiger partial charge in [0.25, 0.3) is 11.2 Å². The number of methoxy groups -OCH3 is 1. The lowest BCUT2D eigenvalue weighted by atomic mass is 9.86. The largest absolute Gasteiger partial charge is 0.482 e. The van der Waals surface area contributed by atoms with E-state index >= 15 is 0 Å². The summed E-state index contributed by atoms with van der Waals surface area (Å²) >= 11 is 0. The van der Waals surface area contributed by atoms with Gasteiger partial charge in [0, 0.05) is 29.7 Å². The number of rotatable bonds is 2. The van der Waals surface area contributed by atoms with Crippen LogP contribution in [0.1, 0.15) is 89.2 Å². The number of pyridine rings is 1. The molecule has 2 aromatic rings. The van der Waals surface area contributed by atoms with Gasteiger partial charge in [0.05, 0.1) is 31.4 Å². The second kappa shape index (κ2) is 13.1. The maximum atomic E-state index is 14.3. The minimum atomic E-state index is -0.797. The zero-order valence-electron chi connectivity index (χ0n) is 25.2. The first kappa shape index (κ1) is 29.7. The Morgan fingerprint density at radius 2 is 1.70 bits per heavy atom. The van der Waals surface area contributed by atoms with Crippen molar-refractivity contribution in [1.29, 1.82) is 0 Å². The molecule has 43 heavy (non-hydrogen) atoms. The SMILES string of the molecule is COC(=O)[C@@H]1C[C@@H]2CN1C(=O)[C@H](C1CCCC1)CC(=O)O[C@H]1CCC[C@@H]1CCCCCc1c(cc3ccccc3[n+]1O)O2. The number of hydrogen-bond acceptors (Lipinski definition) is 7. The third-order valence-corrected chi connectivity index (χ3v) is 10.3. The zero-order valence-corrected chi connectivity index (χ0v) is 25.2. The molecule has 6 rings (SSSR count). The van der Waals surface area contributed by atoms with Crippen LogP contribution in [0, 0.1) is 17.8 Å². The van der Waals surface area contributed by atoms with Gasteiger partial charge in [-0.25, -0.2) is 4.79 Å². The van der Waals surface area contributed by atoms with E-state index in [1.807, 2.05) is 30.3 Å². The fraction of sp³-hybridized carbons (Fsp3) is 0.647. The van der Waals surface area contributed by atoms with Crippen LogP contribution in [0.5, 0.6) is 5.75 Å². The van der Waals surface area contributed by atoms with Crippen molar-refractivity contribution in [3.8, 4) is 5.75 Å².